The number of halogens is 2. The minimum Gasteiger partial charge on any atom is -0.598 e. The van der Waals surface area contributed by atoms with Gasteiger partial charge in [0.25, 0.3) is 0 Å². The molecule has 0 radical (unpaired) electrons. The summed E-state index contributed by atoms with van der Waals surface area (Å²) in [6.45, 7) is 7.65. The lowest BCUT2D eigenvalue weighted by Crippen LogP contribution is -2.40. The molecule has 0 amide bonds. The third-order valence-electron chi connectivity index (χ3n) is 6.44. The van der Waals surface area contributed by atoms with E-state index in [0.717, 1.165) is 5.56 Å². The molecule has 0 saturated heterocycles. The molecule has 41 heavy (non-hydrogen) atoms. The molecule has 2 unspecified atom stereocenters. The first-order valence-electron chi connectivity index (χ1n) is 12.8. The van der Waals surface area contributed by atoms with Crippen molar-refractivity contribution in [1.29, 1.82) is 0 Å². The van der Waals surface area contributed by atoms with Crippen molar-refractivity contribution in [2.75, 3.05) is 14.2 Å². The highest BCUT2D eigenvalue weighted by Gasteiger charge is 2.29. The van der Waals surface area contributed by atoms with E-state index in [1.165, 1.54) is 7.11 Å². The summed E-state index contributed by atoms with van der Waals surface area (Å²) in [5.74, 6) is 0.630. The van der Waals surface area contributed by atoms with Gasteiger partial charge in [0.05, 0.1) is 47.3 Å². The second-order valence-electron chi connectivity index (χ2n) is 10.3. The Morgan fingerprint density at radius 2 is 1.32 bits per heavy atom. The molecule has 214 valence electrons. The van der Waals surface area contributed by atoms with E-state index in [-0.39, 0.29) is 11.9 Å². The van der Waals surface area contributed by atoms with Crippen LogP contribution in [-0.4, -0.2) is 39.8 Å². The summed E-state index contributed by atoms with van der Waals surface area (Å²) in [5, 5.41) is 0.920. The molecule has 0 aliphatic rings. The van der Waals surface area contributed by atoms with Gasteiger partial charge in [-0.1, -0.05) is 59.6 Å². The number of hydrogen-bond acceptors (Lipinski definition) is 7. The van der Waals surface area contributed by atoms with Crippen molar-refractivity contribution in [3.05, 3.63) is 81.8 Å². The summed E-state index contributed by atoms with van der Waals surface area (Å²) in [6.07, 6.45) is 0.693. The van der Waals surface area contributed by atoms with Gasteiger partial charge in [-0.3, -0.25) is 4.79 Å². The highest BCUT2D eigenvalue weighted by molar-refractivity contribution is 7.90. The van der Waals surface area contributed by atoms with Crippen LogP contribution in [0.3, 0.4) is 0 Å². The maximum absolute atomic E-state index is 12.6. The number of carbonyl (C=O) groups is 1. The van der Waals surface area contributed by atoms with E-state index in [0.29, 0.717) is 61.4 Å². The van der Waals surface area contributed by atoms with Crippen LogP contribution in [0.5, 0.6) is 11.8 Å². The molecule has 4 rings (SSSR count). The van der Waals surface area contributed by atoms with Crippen molar-refractivity contribution in [3.63, 3.8) is 0 Å². The Labute approximate surface area is 253 Å². The van der Waals surface area contributed by atoms with Crippen LogP contribution >= 0.6 is 23.2 Å². The second kappa shape index (κ2) is 12.8. The van der Waals surface area contributed by atoms with Gasteiger partial charge in [0.1, 0.15) is 4.75 Å². The van der Waals surface area contributed by atoms with Gasteiger partial charge in [-0.25, -0.2) is 9.97 Å². The molecule has 10 heteroatoms. The van der Waals surface area contributed by atoms with Crippen LogP contribution in [0.15, 0.2) is 60.7 Å². The molecule has 0 aliphatic carbocycles. The van der Waals surface area contributed by atoms with Gasteiger partial charge in [0.15, 0.2) is 6.29 Å². The van der Waals surface area contributed by atoms with Crippen molar-refractivity contribution in [2.45, 2.75) is 38.5 Å². The largest absolute Gasteiger partial charge is 0.598 e. The summed E-state index contributed by atoms with van der Waals surface area (Å²) < 4.78 is 26.2. The Morgan fingerprint density at radius 1 is 0.829 bits per heavy atom. The van der Waals surface area contributed by atoms with Gasteiger partial charge >= 0.3 is 0 Å². The predicted molar refractivity (Wildman–Crippen MR) is 166 cm³/mol. The quantitative estimate of drug-likeness (QED) is 0.153. The van der Waals surface area contributed by atoms with Crippen molar-refractivity contribution in [1.82, 2.24) is 14.7 Å². The molecule has 1 N–H and O–H groups in total. The third kappa shape index (κ3) is 6.52. The molecule has 0 saturated carbocycles. The number of carbonyl (C=O) groups excluding carboxylic acids is 1. The van der Waals surface area contributed by atoms with Crippen molar-refractivity contribution in [3.8, 4) is 45.4 Å². The number of hydrogen-bond donors (Lipinski definition) is 1. The van der Waals surface area contributed by atoms with Gasteiger partial charge < -0.3 is 14.0 Å². The maximum atomic E-state index is 12.6. The van der Waals surface area contributed by atoms with Crippen LogP contribution < -0.4 is 14.2 Å². The normalized spacial score (nSPS) is 13.0. The number of nitrogens with zero attached hydrogens (tertiary/aromatic N) is 2. The first-order valence-corrected chi connectivity index (χ1v) is 14.7. The lowest BCUT2D eigenvalue weighted by Gasteiger charge is -2.27. The summed E-state index contributed by atoms with van der Waals surface area (Å²) in [4.78, 5) is 20.5. The fourth-order valence-electron chi connectivity index (χ4n) is 4.23. The Morgan fingerprint density at radius 3 is 1.80 bits per heavy atom. The van der Waals surface area contributed by atoms with Crippen LogP contribution in [0.2, 0.25) is 10.0 Å². The van der Waals surface area contributed by atoms with Crippen LogP contribution in [0.1, 0.15) is 49.7 Å². The molecule has 2 heterocycles. The topological polar surface area (TPSA) is 96.4 Å². The number of rotatable bonds is 9. The average molecular weight is 613 g/mol. The zero-order valence-electron chi connectivity index (χ0n) is 23.6. The molecule has 0 bridgehead atoms. The number of aldehydes is 1. The number of benzene rings is 2. The van der Waals surface area contributed by atoms with Gasteiger partial charge in [0.2, 0.25) is 11.8 Å². The zero-order chi connectivity index (χ0) is 29.9. The first-order chi connectivity index (χ1) is 19.5. The highest BCUT2D eigenvalue weighted by atomic mass is 35.5. The lowest BCUT2D eigenvalue weighted by molar-refractivity contribution is 0.112. The van der Waals surface area contributed by atoms with Crippen molar-refractivity contribution in [2.24, 2.45) is 0 Å². The Hall–Kier alpha value is -3.14. The second-order valence-corrected chi connectivity index (χ2v) is 13.0. The van der Waals surface area contributed by atoms with Gasteiger partial charge in [-0.05, 0) is 52.0 Å². The number of ether oxygens (including phenoxy) is 2. The standard InChI is InChI=1S/C31H31Cl2N3O4S/c1-18(36-41(38)31(2,3)4)20-14-16-26(35-30(20)40-6)24-12-8-10-22(28(24)33)21-9-7-11-23(27(21)32)25-15-13-19(17-37)29(34-25)39-5/h7-18,36H,1-6H3. The van der Waals surface area contributed by atoms with Crippen molar-refractivity contribution < 1.29 is 18.8 Å². The molecule has 0 fully saturated rings. The van der Waals surface area contributed by atoms with Gasteiger partial charge in [0, 0.05) is 39.2 Å². The Bertz CT molecular complexity index is 1580. The fraction of sp³-hybridized carbons (Fsp3) is 0.258. The van der Waals surface area contributed by atoms with E-state index in [1.807, 2.05) is 76.2 Å². The van der Waals surface area contributed by atoms with Crippen LogP contribution in [-0.2, 0) is 11.4 Å². The Kier molecular flexibility index (Phi) is 9.62. The average Bonchev–Trinajstić information content (AvgIpc) is 2.96. The van der Waals surface area contributed by atoms with Crippen LogP contribution in [0.25, 0.3) is 33.6 Å². The molecule has 0 spiro atoms. The van der Waals surface area contributed by atoms with Gasteiger partial charge in [-0.2, -0.15) is 0 Å². The van der Waals surface area contributed by atoms with Gasteiger partial charge in [-0.15, -0.1) is 4.72 Å². The van der Waals surface area contributed by atoms with Crippen molar-refractivity contribution >= 4 is 40.8 Å². The molecular formula is C31H31Cl2N3O4S. The molecule has 7 nitrogen and oxygen atoms in total. The smallest absolute Gasteiger partial charge is 0.224 e. The van der Waals surface area contributed by atoms with E-state index < -0.39 is 16.1 Å². The summed E-state index contributed by atoms with van der Waals surface area (Å²) >= 11 is 12.6. The lowest BCUT2D eigenvalue weighted by atomic mass is 9.98. The number of pyridine rings is 2. The SMILES string of the molecule is COc1nc(-c2cccc(-c3cccc(-c4ccc(C(C)N[S+]([O-])C(C)(C)C)c(OC)n4)c3Cl)c2Cl)ccc1C=O. The van der Waals surface area contributed by atoms with E-state index in [2.05, 4.69) is 9.71 Å². The fourth-order valence-corrected chi connectivity index (χ4v) is 5.68. The van der Waals surface area contributed by atoms with E-state index in [9.17, 15) is 9.35 Å². The molecular weight excluding hydrogens is 581 g/mol. The maximum Gasteiger partial charge on any atom is 0.224 e. The predicted octanol–water partition coefficient (Wildman–Crippen LogP) is 7.73. The molecule has 0 aliphatic heterocycles. The van der Waals surface area contributed by atoms with Crippen LogP contribution in [0.4, 0.5) is 0 Å². The van der Waals surface area contributed by atoms with E-state index >= 15 is 0 Å². The molecule has 2 aromatic heterocycles. The highest BCUT2D eigenvalue weighted by Crippen LogP contribution is 2.42. The minimum absolute atomic E-state index is 0.219. The molecule has 2 atom stereocenters. The first kappa shape index (κ1) is 30.8. The molecule has 2 aromatic carbocycles. The van der Waals surface area contributed by atoms with E-state index in [4.69, 9.17) is 37.7 Å². The summed E-state index contributed by atoms with van der Waals surface area (Å²) in [7, 11) is 3.01. The van der Waals surface area contributed by atoms with E-state index in [1.54, 1.807) is 19.2 Å². The number of nitrogens with one attached hydrogen (secondary N) is 1. The zero-order valence-corrected chi connectivity index (χ0v) is 25.9. The number of methoxy groups -OCH3 is 2. The number of aromatic nitrogens is 2. The third-order valence-corrected chi connectivity index (χ3v) is 8.93. The monoisotopic (exact) mass is 611 g/mol. The van der Waals surface area contributed by atoms with Crippen LogP contribution in [0, 0.1) is 0 Å². The Balaban J connectivity index is 1.73. The summed E-state index contributed by atoms with van der Waals surface area (Å²) in [5.41, 5.74) is 5.09. The summed E-state index contributed by atoms with van der Waals surface area (Å²) in [6, 6.07) is 18.1. The molecule has 4 aromatic rings. The minimum atomic E-state index is -1.26.